The minimum Gasteiger partial charge on any atom is -0.462 e. The number of carbonyl (C=O) groups is 3. The predicted octanol–water partition coefficient (Wildman–Crippen LogP) is 0.934. The Morgan fingerprint density at radius 3 is 2.84 bits per heavy atom. The van der Waals surface area contributed by atoms with Crippen LogP contribution in [0.5, 0.6) is 0 Å². The number of carbonyl (C=O) groups excluding carboxylic acids is 3. The maximum Gasteiger partial charge on any atom is 0.302 e. The molecule has 2 fully saturated rings. The number of ether oxygens (including phenoxy) is 2. The van der Waals surface area contributed by atoms with Crippen molar-refractivity contribution in [3.05, 3.63) is 42.0 Å². The quantitative estimate of drug-likeness (QED) is 0.462. The van der Waals surface area contributed by atoms with Crippen LogP contribution >= 0.6 is 0 Å². The number of para-hydroxylation sites is 1. The third-order valence-corrected chi connectivity index (χ3v) is 4.92. The average molecular weight is 338 g/mol. The summed E-state index contributed by atoms with van der Waals surface area (Å²) in [5, 5.41) is 9.27. The van der Waals surface area contributed by atoms with Crippen LogP contribution in [0.3, 0.4) is 0 Å². The number of nitriles is 1. The minimum absolute atomic E-state index is 0.122. The summed E-state index contributed by atoms with van der Waals surface area (Å²) in [5.74, 6) is -2.74. The zero-order valence-corrected chi connectivity index (χ0v) is 13.3. The molecular weight excluding hydrogens is 324 g/mol. The number of fused-ring (bicyclic) bond motifs is 5. The summed E-state index contributed by atoms with van der Waals surface area (Å²) in [6.07, 6.45) is 2.90. The molecule has 2 amide bonds. The van der Waals surface area contributed by atoms with Gasteiger partial charge in [0.05, 0.1) is 29.2 Å². The molecule has 126 valence electrons. The number of amides is 2. The second-order valence-electron chi connectivity index (χ2n) is 6.32. The molecule has 7 heteroatoms. The van der Waals surface area contributed by atoms with Crippen molar-refractivity contribution in [2.45, 2.75) is 18.6 Å². The Balaban J connectivity index is 1.73. The molecule has 2 bridgehead atoms. The van der Waals surface area contributed by atoms with Gasteiger partial charge in [-0.3, -0.25) is 14.4 Å². The number of hydrogen-bond donors (Lipinski definition) is 0. The standard InChI is InChI=1S/C18H14N2O5/c1-10(21)24-9-18-7-6-13(25-18)14-15(18)17(23)20(16(14)22)12-5-3-2-4-11(12)8-19/h2-7,13-15H,9H2,1H3/t13-,14+,15+,18-/m1/s1. The number of benzene rings is 1. The van der Waals surface area contributed by atoms with Gasteiger partial charge in [-0.1, -0.05) is 18.2 Å². The summed E-state index contributed by atoms with van der Waals surface area (Å²) >= 11 is 0. The van der Waals surface area contributed by atoms with E-state index in [1.54, 1.807) is 36.4 Å². The number of hydrogen-bond acceptors (Lipinski definition) is 6. The third kappa shape index (κ3) is 2.04. The van der Waals surface area contributed by atoms with E-state index in [9.17, 15) is 19.6 Å². The lowest BCUT2D eigenvalue weighted by molar-refractivity contribution is -0.150. The first-order chi connectivity index (χ1) is 12.0. The first-order valence-electron chi connectivity index (χ1n) is 7.86. The van der Waals surface area contributed by atoms with Crippen LogP contribution in [0, 0.1) is 23.2 Å². The van der Waals surface area contributed by atoms with E-state index in [4.69, 9.17) is 9.47 Å². The van der Waals surface area contributed by atoms with E-state index >= 15 is 0 Å². The molecule has 25 heavy (non-hydrogen) atoms. The molecule has 3 heterocycles. The van der Waals surface area contributed by atoms with Crippen molar-refractivity contribution < 1.29 is 23.9 Å². The third-order valence-electron chi connectivity index (χ3n) is 4.92. The molecule has 1 aromatic carbocycles. The average Bonchev–Trinajstić information content (AvgIpc) is 3.24. The Labute approximate surface area is 143 Å². The molecule has 0 aromatic heterocycles. The van der Waals surface area contributed by atoms with Crippen molar-refractivity contribution >= 4 is 23.5 Å². The van der Waals surface area contributed by atoms with Crippen molar-refractivity contribution in [1.29, 1.82) is 5.26 Å². The van der Waals surface area contributed by atoms with Gasteiger partial charge in [-0.25, -0.2) is 4.90 Å². The lowest BCUT2D eigenvalue weighted by atomic mass is 9.77. The molecule has 0 N–H and O–H groups in total. The maximum absolute atomic E-state index is 13.0. The van der Waals surface area contributed by atoms with E-state index < -0.39 is 41.3 Å². The molecule has 3 aliphatic heterocycles. The largest absolute Gasteiger partial charge is 0.462 e. The molecule has 2 saturated heterocycles. The van der Waals surface area contributed by atoms with Gasteiger partial charge in [0.15, 0.2) is 0 Å². The molecular formula is C18H14N2O5. The number of esters is 1. The van der Waals surface area contributed by atoms with E-state index in [0.717, 1.165) is 4.90 Å². The zero-order chi connectivity index (χ0) is 17.8. The highest BCUT2D eigenvalue weighted by Gasteiger charge is 2.68. The lowest BCUT2D eigenvalue weighted by Gasteiger charge is -2.28. The maximum atomic E-state index is 13.0. The van der Waals surface area contributed by atoms with Crippen LogP contribution in [0.25, 0.3) is 0 Å². The summed E-state index contributed by atoms with van der Waals surface area (Å²) < 4.78 is 10.9. The van der Waals surface area contributed by atoms with Gasteiger partial charge in [-0.2, -0.15) is 5.26 Å². The van der Waals surface area contributed by atoms with Gasteiger partial charge >= 0.3 is 5.97 Å². The molecule has 1 aromatic rings. The first kappa shape index (κ1) is 15.5. The van der Waals surface area contributed by atoms with Gasteiger partial charge in [0.1, 0.15) is 18.3 Å². The molecule has 3 aliphatic rings. The molecule has 0 saturated carbocycles. The van der Waals surface area contributed by atoms with E-state index in [1.165, 1.54) is 6.92 Å². The summed E-state index contributed by atoms with van der Waals surface area (Å²) in [7, 11) is 0. The second kappa shape index (κ2) is 5.26. The van der Waals surface area contributed by atoms with Gasteiger partial charge in [0, 0.05) is 6.92 Å². The molecule has 0 spiro atoms. The molecule has 0 aliphatic carbocycles. The van der Waals surface area contributed by atoms with Crippen molar-refractivity contribution in [3.8, 4) is 6.07 Å². The van der Waals surface area contributed by atoms with Gasteiger partial charge < -0.3 is 9.47 Å². The highest BCUT2D eigenvalue weighted by Crippen LogP contribution is 2.52. The summed E-state index contributed by atoms with van der Waals surface area (Å²) in [6, 6.07) is 8.48. The Bertz CT molecular complexity index is 870. The van der Waals surface area contributed by atoms with Gasteiger partial charge in [0.25, 0.3) is 0 Å². The van der Waals surface area contributed by atoms with Gasteiger partial charge in [0.2, 0.25) is 11.8 Å². The van der Waals surface area contributed by atoms with Crippen molar-refractivity contribution in [3.63, 3.8) is 0 Å². The highest BCUT2D eigenvalue weighted by molar-refractivity contribution is 6.23. The first-order valence-corrected chi connectivity index (χ1v) is 7.86. The number of imide groups is 1. The second-order valence-corrected chi connectivity index (χ2v) is 6.32. The Morgan fingerprint density at radius 1 is 1.36 bits per heavy atom. The van der Waals surface area contributed by atoms with E-state index in [-0.39, 0.29) is 17.9 Å². The van der Waals surface area contributed by atoms with Crippen molar-refractivity contribution in [2.75, 3.05) is 11.5 Å². The molecule has 7 nitrogen and oxygen atoms in total. The van der Waals surface area contributed by atoms with Crippen LogP contribution < -0.4 is 4.90 Å². The van der Waals surface area contributed by atoms with Crippen LogP contribution in [0.4, 0.5) is 5.69 Å². The van der Waals surface area contributed by atoms with Crippen molar-refractivity contribution in [2.24, 2.45) is 11.8 Å². The van der Waals surface area contributed by atoms with E-state index in [2.05, 4.69) is 0 Å². The number of rotatable bonds is 3. The number of nitrogens with zero attached hydrogens (tertiary/aromatic N) is 2. The topological polar surface area (TPSA) is 96.7 Å². The van der Waals surface area contributed by atoms with Gasteiger partial charge in [-0.05, 0) is 18.2 Å². The monoisotopic (exact) mass is 338 g/mol. The number of anilines is 1. The summed E-state index contributed by atoms with van der Waals surface area (Å²) in [4.78, 5) is 38.2. The highest BCUT2D eigenvalue weighted by atomic mass is 16.6. The van der Waals surface area contributed by atoms with Crippen LogP contribution in [-0.4, -0.2) is 36.1 Å². The molecule has 4 atom stereocenters. The molecule has 4 rings (SSSR count). The smallest absolute Gasteiger partial charge is 0.302 e. The van der Waals surface area contributed by atoms with Crippen molar-refractivity contribution in [1.82, 2.24) is 0 Å². The zero-order valence-electron chi connectivity index (χ0n) is 13.3. The fourth-order valence-electron chi connectivity index (χ4n) is 3.88. The van der Waals surface area contributed by atoms with Crippen LogP contribution in [-0.2, 0) is 23.9 Å². The lowest BCUT2D eigenvalue weighted by Crippen LogP contribution is -2.44. The predicted molar refractivity (Wildman–Crippen MR) is 84.0 cm³/mol. The van der Waals surface area contributed by atoms with E-state index in [0.29, 0.717) is 0 Å². The normalized spacial score (nSPS) is 32.0. The fourth-order valence-corrected chi connectivity index (χ4v) is 3.88. The van der Waals surface area contributed by atoms with Crippen LogP contribution in [0.2, 0.25) is 0 Å². The minimum atomic E-state index is -1.12. The van der Waals surface area contributed by atoms with Crippen LogP contribution in [0.1, 0.15) is 12.5 Å². The Morgan fingerprint density at radius 2 is 2.12 bits per heavy atom. The van der Waals surface area contributed by atoms with E-state index in [1.807, 2.05) is 6.07 Å². The SMILES string of the molecule is CC(=O)OC[C@@]12C=C[C@@H](O1)[C@@H]1C(=O)N(c3ccccc3C#N)C(=O)[C@H]12. The van der Waals surface area contributed by atoms with Crippen LogP contribution in [0.15, 0.2) is 36.4 Å². The molecule has 0 radical (unpaired) electrons. The Hall–Kier alpha value is -2.98. The summed E-state index contributed by atoms with van der Waals surface area (Å²) in [5.41, 5.74) is -0.597. The summed E-state index contributed by atoms with van der Waals surface area (Å²) in [6.45, 7) is 1.15. The molecule has 0 unspecified atom stereocenters. The fraction of sp³-hybridized carbons (Fsp3) is 0.333. The Kier molecular flexibility index (Phi) is 3.27. The van der Waals surface area contributed by atoms with Gasteiger partial charge in [-0.15, -0.1) is 0 Å².